The van der Waals surface area contributed by atoms with Crippen LogP contribution in [0.1, 0.15) is 35.4 Å². The van der Waals surface area contributed by atoms with E-state index in [2.05, 4.69) is 34.4 Å². The first kappa shape index (κ1) is 17.0. The summed E-state index contributed by atoms with van der Waals surface area (Å²) in [4.78, 5) is 23.2. The molecule has 2 fully saturated rings. The van der Waals surface area contributed by atoms with Crippen LogP contribution < -0.4 is 5.32 Å². The number of hydrogen-bond donors (Lipinski definition) is 1. The molecule has 1 aromatic heterocycles. The highest BCUT2D eigenvalue weighted by atomic mass is 32.1. The van der Waals surface area contributed by atoms with Gasteiger partial charge in [0.15, 0.2) is 5.60 Å². The third-order valence-corrected chi connectivity index (χ3v) is 6.17. The molecule has 6 nitrogen and oxygen atoms in total. The van der Waals surface area contributed by atoms with Gasteiger partial charge in [-0.1, -0.05) is 5.16 Å². The van der Waals surface area contributed by atoms with Crippen molar-refractivity contribution in [3.63, 3.8) is 0 Å². The van der Waals surface area contributed by atoms with Crippen LogP contribution in [0.5, 0.6) is 0 Å². The Hall–Kier alpha value is -1.44. The van der Waals surface area contributed by atoms with Gasteiger partial charge < -0.3 is 14.9 Å². The van der Waals surface area contributed by atoms with Gasteiger partial charge in [-0.3, -0.25) is 9.69 Å². The second kappa shape index (κ2) is 7.05. The SMILES string of the molecule is Cc1ccc(CN2CC[C@]3(CC(C(=O)NC[C@H]4CCCO4)=NO3)C2)s1. The lowest BCUT2D eigenvalue weighted by Crippen LogP contribution is -2.39. The fraction of sp³-hybridized carbons (Fsp3) is 0.667. The number of oxime groups is 1. The minimum absolute atomic E-state index is 0.111. The summed E-state index contributed by atoms with van der Waals surface area (Å²) >= 11 is 1.84. The number of rotatable bonds is 5. The quantitative estimate of drug-likeness (QED) is 0.870. The van der Waals surface area contributed by atoms with E-state index in [1.165, 1.54) is 9.75 Å². The molecular formula is C18H25N3O3S. The number of nitrogens with one attached hydrogen (secondary N) is 1. The Bertz CT molecular complexity index is 668. The van der Waals surface area contributed by atoms with Crippen LogP contribution in [0.25, 0.3) is 0 Å². The number of hydrogen-bond acceptors (Lipinski definition) is 6. The summed E-state index contributed by atoms with van der Waals surface area (Å²) in [6.45, 7) is 6.26. The fourth-order valence-corrected chi connectivity index (χ4v) is 4.76. The largest absolute Gasteiger partial charge is 0.387 e. The first-order valence-electron chi connectivity index (χ1n) is 9.04. The van der Waals surface area contributed by atoms with Gasteiger partial charge >= 0.3 is 0 Å². The maximum absolute atomic E-state index is 12.3. The van der Waals surface area contributed by atoms with Gasteiger partial charge in [0.25, 0.3) is 5.91 Å². The molecule has 3 aliphatic heterocycles. The van der Waals surface area contributed by atoms with E-state index in [1.807, 2.05) is 11.3 Å². The van der Waals surface area contributed by atoms with Crippen LogP contribution >= 0.6 is 11.3 Å². The number of nitrogens with zero attached hydrogens (tertiary/aromatic N) is 2. The summed E-state index contributed by atoms with van der Waals surface area (Å²) in [7, 11) is 0. The van der Waals surface area contributed by atoms with E-state index in [0.29, 0.717) is 18.7 Å². The van der Waals surface area contributed by atoms with Gasteiger partial charge in [0.05, 0.1) is 6.10 Å². The number of ether oxygens (including phenoxy) is 1. The highest BCUT2D eigenvalue weighted by Crippen LogP contribution is 2.35. The molecule has 4 rings (SSSR count). The second-order valence-electron chi connectivity index (χ2n) is 7.31. The van der Waals surface area contributed by atoms with Crippen molar-refractivity contribution in [1.29, 1.82) is 0 Å². The molecule has 1 N–H and O–H groups in total. The van der Waals surface area contributed by atoms with Crippen molar-refractivity contribution in [2.75, 3.05) is 26.2 Å². The van der Waals surface area contributed by atoms with E-state index >= 15 is 0 Å². The Labute approximate surface area is 152 Å². The Kier molecular flexibility index (Phi) is 4.80. The van der Waals surface area contributed by atoms with E-state index in [1.54, 1.807) is 0 Å². The lowest BCUT2D eigenvalue weighted by molar-refractivity contribution is -0.115. The molecule has 136 valence electrons. The topological polar surface area (TPSA) is 63.2 Å². The van der Waals surface area contributed by atoms with Crippen molar-refractivity contribution < 1.29 is 14.4 Å². The van der Waals surface area contributed by atoms with Gasteiger partial charge in [-0.25, -0.2) is 0 Å². The lowest BCUT2D eigenvalue weighted by Gasteiger charge is -2.21. The number of thiophene rings is 1. The number of amides is 1. The molecule has 3 aliphatic rings. The molecule has 0 radical (unpaired) electrons. The van der Waals surface area contributed by atoms with Crippen molar-refractivity contribution >= 4 is 23.0 Å². The molecule has 1 spiro atoms. The standard InChI is InChI=1S/C18H25N3O3S/c1-13-4-5-15(25-13)11-21-7-6-18(12-21)9-16(20-24-18)17(22)19-10-14-3-2-8-23-14/h4-5,14H,2-3,6-12H2,1H3,(H,19,22)/t14-,18+/m1/s1. The van der Waals surface area contributed by atoms with Gasteiger partial charge in [-0.2, -0.15) is 0 Å². The summed E-state index contributed by atoms with van der Waals surface area (Å²) in [5, 5.41) is 7.04. The molecule has 0 unspecified atom stereocenters. The normalized spacial score (nSPS) is 29.2. The van der Waals surface area contributed by atoms with Crippen molar-refractivity contribution in [3.05, 3.63) is 21.9 Å². The van der Waals surface area contributed by atoms with Crippen LogP contribution in [0.3, 0.4) is 0 Å². The predicted molar refractivity (Wildman–Crippen MR) is 96.8 cm³/mol. The van der Waals surface area contributed by atoms with Gasteiger partial charge in [-0.15, -0.1) is 11.3 Å². The van der Waals surface area contributed by atoms with Crippen LogP contribution in [0.2, 0.25) is 0 Å². The Morgan fingerprint density at radius 1 is 1.52 bits per heavy atom. The van der Waals surface area contributed by atoms with Crippen molar-refractivity contribution in [1.82, 2.24) is 10.2 Å². The third kappa shape index (κ3) is 3.88. The summed E-state index contributed by atoms with van der Waals surface area (Å²) in [6.07, 6.45) is 3.77. The lowest BCUT2D eigenvalue weighted by atomic mass is 9.96. The highest BCUT2D eigenvalue weighted by molar-refractivity contribution is 7.11. The van der Waals surface area contributed by atoms with E-state index in [4.69, 9.17) is 9.57 Å². The third-order valence-electron chi connectivity index (χ3n) is 5.19. The molecule has 1 aromatic rings. The zero-order valence-electron chi connectivity index (χ0n) is 14.6. The average Bonchev–Trinajstić information content (AvgIpc) is 3.37. The van der Waals surface area contributed by atoms with Crippen LogP contribution in [0.15, 0.2) is 17.3 Å². The molecule has 2 atom stereocenters. The molecule has 0 saturated carbocycles. The van der Waals surface area contributed by atoms with Crippen LogP contribution in [0, 0.1) is 6.92 Å². The van der Waals surface area contributed by atoms with Crippen molar-refractivity contribution in [3.8, 4) is 0 Å². The number of carbonyl (C=O) groups excluding carboxylic acids is 1. The van der Waals surface area contributed by atoms with Crippen LogP contribution in [-0.2, 0) is 20.9 Å². The summed E-state index contributed by atoms with van der Waals surface area (Å²) in [5.74, 6) is -0.111. The maximum atomic E-state index is 12.3. The average molecular weight is 363 g/mol. The first-order chi connectivity index (χ1) is 12.1. The molecular weight excluding hydrogens is 338 g/mol. The molecule has 7 heteroatoms. The summed E-state index contributed by atoms with van der Waals surface area (Å²) in [6, 6.07) is 4.36. The molecule has 0 aromatic carbocycles. The Morgan fingerprint density at radius 2 is 2.44 bits per heavy atom. The zero-order chi connectivity index (χ0) is 17.3. The molecule has 0 bridgehead atoms. The van der Waals surface area contributed by atoms with E-state index in [-0.39, 0.29) is 17.6 Å². The number of aryl methyl sites for hydroxylation is 1. The fourth-order valence-electron chi connectivity index (χ4n) is 3.83. The van der Waals surface area contributed by atoms with E-state index in [9.17, 15) is 4.79 Å². The minimum Gasteiger partial charge on any atom is -0.387 e. The van der Waals surface area contributed by atoms with E-state index < -0.39 is 0 Å². The van der Waals surface area contributed by atoms with Crippen LogP contribution in [-0.4, -0.2) is 54.5 Å². The molecule has 25 heavy (non-hydrogen) atoms. The second-order valence-corrected chi connectivity index (χ2v) is 8.68. The molecule has 2 saturated heterocycles. The van der Waals surface area contributed by atoms with Crippen molar-refractivity contribution in [2.24, 2.45) is 5.16 Å². The zero-order valence-corrected chi connectivity index (χ0v) is 15.4. The minimum atomic E-state index is -0.317. The summed E-state index contributed by atoms with van der Waals surface area (Å²) < 4.78 is 5.54. The number of likely N-dealkylation sites (tertiary alicyclic amines) is 1. The summed E-state index contributed by atoms with van der Waals surface area (Å²) in [5.41, 5.74) is 0.204. The Balaban J connectivity index is 1.26. The van der Waals surface area contributed by atoms with Gasteiger partial charge in [0, 0.05) is 55.4 Å². The number of carbonyl (C=O) groups is 1. The highest BCUT2D eigenvalue weighted by Gasteiger charge is 2.46. The first-order valence-corrected chi connectivity index (χ1v) is 9.86. The smallest absolute Gasteiger partial charge is 0.269 e. The van der Waals surface area contributed by atoms with Crippen molar-refractivity contribution in [2.45, 2.75) is 50.9 Å². The molecule has 4 heterocycles. The predicted octanol–water partition coefficient (Wildman–Crippen LogP) is 2.07. The van der Waals surface area contributed by atoms with Gasteiger partial charge in [0.2, 0.25) is 0 Å². The van der Waals surface area contributed by atoms with Gasteiger partial charge in [0.1, 0.15) is 5.71 Å². The Morgan fingerprint density at radius 3 is 3.20 bits per heavy atom. The molecule has 0 aliphatic carbocycles. The maximum Gasteiger partial charge on any atom is 0.269 e. The monoisotopic (exact) mass is 363 g/mol. The van der Waals surface area contributed by atoms with Gasteiger partial charge in [-0.05, 0) is 31.9 Å². The van der Waals surface area contributed by atoms with E-state index in [0.717, 1.165) is 45.5 Å². The van der Waals surface area contributed by atoms with Crippen LogP contribution in [0.4, 0.5) is 0 Å². The molecule has 1 amide bonds.